The maximum Gasteiger partial charge on any atom is 0.356 e. The molecule has 66 valence electrons. The lowest BCUT2D eigenvalue weighted by atomic mass is 10.5. The molecule has 0 aromatic carbocycles. The molecule has 0 radical (unpaired) electrons. The lowest BCUT2D eigenvalue weighted by Gasteiger charge is -1.97. The summed E-state index contributed by atoms with van der Waals surface area (Å²) in [6, 6.07) is 1.46. The molecule has 0 bridgehead atoms. The maximum atomic E-state index is 10.4. The van der Waals surface area contributed by atoms with Gasteiger partial charge in [0.15, 0.2) is 5.69 Å². The van der Waals surface area contributed by atoms with Gasteiger partial charge in [-0.05, 0) is 6.07 Å². The molecule has 0 aliphatic heterocycles. The fourth-order valence-corrected chi connectivity index (χ4v) is 0.785. The first-order valence-electron chi connectivity index (χ1n) is 3.49. The van der Waals surface area contributed by atoms with Crippen molar-refractivity contribution in [3.8, 4) is 0 Å². The molecule has 1 heterocycles. The van der Waals surface area contributed by atoms with Gasteiger partial charge >= 0.3 is 5.97 Å². The van der Waals surface area contributed by atoms with Gasteiger partial charge in [0.2, 0.25) is 0 Å². The number of nitrogens with zero attached hydrogens (tertiary/aromatic N) is 2. The fraction of sp³-hybridized carbons (Fsp3) is 0.429. The van der Waals surface area contributed by atoms with Crippen LogP contribution in [0.4, 0.5) is 0 Å². The van der Waals surface area contributed by atoms with E-state index >= 15 is 0 Å². The van der Waals surface area contributed by atoms with Crippen molar-refractivity contribution < 1.29 is 14.6 Å². The van der Waals surface area contributed by atoms with Crippen molar-refractivity contribution in [3.05, 3.63) is 18.0 Å². The monoisotopic (exact) mass is 170 g/mol. The molecule has 0 unspecified atom stereocenters. The summed E-state index contributed by atoms with van der Waals surface area (Å²) >= 11 is 0. The molecular weight excluding hydrogens is 160 g/mol. The third-order valence-electron chi connectivity index (χ3n) is 1.38. The van der Waals surface area contributed by atoms with Crippen molar-refractivity contribution in [1.82, 2.24) is 9.78 Å². The molecule has 0 amide bonds. The Labute approximate surface area is 69.6 Å². The highest BCUT2D eigenvalue weighted by molar-refractivity contribution is 5.84. The zero-order valence-electron chi connectivity index (χ0n) is 6.73. The van der Waals surface area contributed by atoms with E-state index in [9.17, 15) is 4.79 Å². The van der Waals surface area contributed by atoms with Crippen LogP contribution in [0.1, 0.15) is 10.5 Å². The molecule has 1 aromatic heterocycles. The fourth-order valence-electron chi connectivity index (χ4n) is 0.785. The van der Waals surface area contributed by atoms with Crippen LogP contribution in [0.3, 0.4) is 0 Å². The van der Waals surface area contributed by atoms with E-state index in [-0.39, 0.29) is 5.69 Å². The van der Waals surface area contributed by atoms with E-state index in [1.807, 2.05) is 0 Å². The van der Waals surface area contributed by atoms with Crippen LogP contribution in [0.2, 0.25) is 0 Å². The Hall–Kier alpha value is -1.36. The van der Waals surface area contributed by atoms with Gasteiger partial charge < -0.3 is 9.84 Å². The van der Waals surface area contributed by atoms with E-state index in [0.717, 1.165) is 0 Å². The first-order valence-corrected chi connectivity index (χ1v) is 3.49. The Morgan fingerprint density at radius 1 is 1.83 bits per heavy atom. The molecule has 0 spiro atoms. The molecule has 12 heavy (non-hydrogen) atoms. The van der Waals surface area contributed by atoms with Gasteiger partial charge in [0.05, 0.1) is 13.2 Å². The average Bonchev–Trinajstić information content (AvgIpc) is 2.48. The van der Waals surface area contributed by atoms with E-state index in [1.54, 1.807) is 13.3 Å². The quantitative estimate of drug-likeness (QED) is 0.702. The van der Waals surface area contributed by atoms with Gasteiger partial charge in [-0.1, -0.05) is 0 Å². The Balaban J connectivity index is 2.58. The number of hydrogen-bond donors (Lipinski definition) is 1. The van der Waals surface area contributed by atoms with Gasteiger partial charge in [-0.25, -0.2) is 4.79 Å². The highest BCUT2D eigenvalue weighted by Gasteiger charge is 2.05. The number of aromatic carboxylic acids is 1. The second-order valence-corrected chi connectivity index (χ2v) is 2.26. The lowest BCUT2D eigenvalue weighted by Crippen LogP contribution is -2.06. The van der Waals surface area contributed by atoms with E-state index < -0.39 is 5.97 Å². The number of hydrogen-bond acceptors (Lipinski definition) is 3. The molecule has 0 saturated carbocycles. The lowest BCUT2D eigenvalue weighted by molar-refractivity contribution is 0.0689. The number of carbonyl (C=O) groups is 1. The minimum absolute atomic E-state index is 0.0612. The van der Waals surface area contributed by atoms with Crippen LogP contribution in [-0.2, 0) is 11.3 Å². The third-order valence-corrected chi connectivity index (χ3v) is 1.38. The smallest absolute Gasteiger partial charge is 0.356 e. The summed E-state index contributed by atoms with van der Waals surface area (Å²) < 4.78 is 6.34. The van der Waals surface area contributed by atoms with Gasteiger partial charge in [0.1, 0.15) is 0 Å². The SMILES string of the molecule is COCCn1ccc(C(=O)O)n1. The molecule has 5 nitrogen and oxygen atoms in total. The van der Waals surface area contributed by atoms with Gasteiger partial charge in [0.25, 0.3) is 0 Å². The standard InChI is InChI=1S/C7H10N2O3/c1-12-5-4-9-3-2-6(8-9)7(10)11/h2-3H,4-5H2,1H3,(H,10,11). The number of methoxy groups -OCH3 is 1. The third kappa shape index (κ3) is 2.06. The largest absolute Gasteiger partial charge is 0.476 e. The minimum atomic E-state index is -1.01. The average molecular weight is 170 g/mol. The van der Waals surface area contributed by atoms with Crippen LogP contribution in [0.25, 0.3) is 0 Å². The number of carboxylic acids is 1. The number of rotatable bonds is 4. The first kappa shape index (κ1) is 8.73. The van der Waals surface area contributed by atoms with Crippen molar-refractivity contribution in [2.75, 3.05) is 13.7 Å². The number of ether oxygens (including phenoxy) is 1. The predicted molar refractivity (Wildman–Crippen MR) is 41.1 cm³/mol. The second-order valence-electron chi connectivity index (χ2n) is 2.26. The highest BCUT2D eigenvalue weighted by Crippen LogP contribution is 1.94. The summed E-state index contributed by atoms with van der Waals surface area (Å²) in [6.07, 6.45) is 1.61. The normalized spacial score (nSPS) is 10.1. The van der Waals surface area contributed by atoms with Gasteiger partial charge in [0, 0.05) is 13.3 Å². The molecule has 0 aliphatic rings. The molecule has 0 atom stereocenters. The molecule has 0 aliphatic carbocycles. The molecule has 1 N–H and O–H groups in total. The topological polar surface area (TPSA) is 64.3 Å². The Kier molecular flexibility index (Phi) is 2.82. The van der Waals surface area contributed by atoms with E-state index in [1.165, 1.54) is 10.7 Å². The summed E-state index contributed by atoms with van der Waals surface area (Å²) in [5.74, 6) is -1.01. The van der Waals surface area contributed by atoms with Crippen molar-refractivity contribution >= 4 is 5.97 Å². The van der Waals surface area contributed by atoms with Crippen molar-refractivity contribution in [2.45, 2.75) is 6.54 Å². The molecule has 0 fully saturated rings. The van der Waals surface area contributed by atoms with E-state index in [0.29, 0.717) is 13.2 Å². The van der Waals surface area contributed by atoms with Crippen LogP contribution in [-0.4, -0.2) is 34.6 Å². The van der Waals surface area contributed by atoms with Gasteiger partial charge in [-0.3, -0.25) is 4.68 Å². The van der Waals surface area contributed by atoms with Gasteiger partial charge in [-0.2, -0.15) is 5.10 Å². The van der Waals surface area contributed by atoms with Crippen LogP contribution >= 0.6 is 0 Å². The Morgan fingerprint density at radius 3 is 3.08 bits per heavy atom. The molecule has 5 heteroatoms. The van der Waals surface area contributed by atoms with Crippen LogP contribution < -0.4 is 0 Å². The zero-order chi connectivity index (χ0) is 8.97. The Morgan fingerprint density at radius 2 is 2.58 bits per heavy atom. The summed E-state index contributed by atoms with van der Waals surface area (Å²) in [4.78, 5) is 10.4. The van der Waals surface area contributed by atoms with Crippen molar-refractivity contribution in [3.63, 3.8) is 0 Å². The highest BCUT2D eigenvalue weighted by atomic mass is 16.5. The number of carboxylic acid groups (broad SMARTS) is 1. The van der Waals surface area contributed by atoms with Crippen LogP contribution in [0, 0.1) is 0 Å². The van der Waals surface area contributed by atoms with E-state index in [4.69, 9.17) is 9.84 Å². The minimum Gasteiger partial charge on any atom is -0.476 e. The van der Waals surface area contributed by atoms with Crippen LogP contribution in [0.15, 0.2) is 12.3 Å². The van der Waals surface area contributed by atoms with Gasteiger partial charge in [-0.15, -0.1) is 0 Å². The molecular formula is C7H10N2O3. The first-order chi connectivity index (χ1) is 5.74. The second kappa shape index (κ2) is 3.87. The summed E-state index contributed by atoms with van der Waals surface area (Å²) in [5, 5.41) is 12.3. The van der Waals surface area contributed by atoms with Crippen LogP contribution in [0.5, 0.6) is 0 Å². The Bertz CT molecular complexity index is 269. The number of aromatic nitrogens is 2. The van der Waals surface area contributed by atoms with Crippen molar-refractivity contribution in [1.29, 1.82) is 0 Å². The van der Waals surface area contributed by atoms with E-state index in [2.05, 4.69) is 5.10 Å². The predicted octanol–water partition coefficient (Wildman–Crippen LogP) is 0.228. The summed E-state index contributed by atoms with van der Waals surface area (Å²) in [6.45, 7) is 1.10. The molecule has 0 saturated heterocycles. The summed E-state index contributed by atoms with van der Waals surface area (Å²) in [7, 11) is 1.58. The zero-order valence-corrected chi connectivity index (χ0v) is 6.73. The summed E-state index contributed by atoms with van der Waals surface area (Å²) in [5.41, 5.74) is 0.0612. The van der Waals surface area contributed by atoms with Crippen molar-refractivity contribution in [2.24, 2.45) is 0 Å². The molecule has 1 aromatic rings. The maximum absolute atomic E-state index is 10.4. The molecule has 1 rings (SSSR count).